The molecule has 1 saturated heterocycles. The van der Waals surface area contributed by atoms with E-state index in [0.29, 0.717) is 11.8 Å². The van der Waals surface area contributed by atoms with Gasteiger partial charge in [-0.05, 0) is 48.1 Å². The molecule has 1 aromatic carbocycles. The molecule has 0 unspecified atom stereocenters. The molecule has 0 amide bonds. The summed E-state index contributed by atoms with van der Waals surface area (Å²) in [5, 5.41) is 9.08. The first kappa shape index (κ1) is 18.9. The molecule has 2 bridgehead atoms. The Morgan fingerprint density at radius 2 is 1.93 bits per heavy atom. The van der Waals surface area contributed by atoms with Crippen LogP contribution in [0.1, 0.15) is 34.8 Å². The number of likely N-dealkylation sites (tertiary alicyclic amines) is 1. The van der Waals surface area contributed by atoms with Crippen molar-refractivity contribution in [1.29, 1.82) is 0 Å². The molecule has 2 atom stereocenters. The van der Waals surface area contributed by atoms with E-state index in [1.165, 1.54) is 0 Å². The third-order valence-corrected chi connectivity index (χ3v) is 5.92. The molecule has 3 heterocycles. The Morgan fingerprint density at radius 1 is 1.14 bits per heavy atom. The summed E-state index contributed by atoms with van der Waals surface area (Å²) in [5.41, 5.74) is 3.14. The van der Waals surface area contributed by atoms with E-state index >= 15 is 0 Å². The van der Waals surface area contributed by atoms with Gasteiger partial charge in [-0.1, -0.05) is 12.1 Å². The van der Waals surface area contributed by atoms with Crippen LogP contribution in [0.4, 0.5) is 0 Å². The molecule has 2 aromatic rings. The second kappa shape index (κ2) is 7.89. The molecule has 0 spiro atoms. The largest absolute Gasteiger partial charge is 0.478 e. The van der Waals surface area contributed by atoms with E-state index in [9.17, 15) is 9.59 Å². The zero-order chi connectivity index (χ0) is 19.7. The number of ether oxygens (including phenoxy) is 1. The summed E-state index contributed by atoms with van der Waals surface area (Å²) in [6, 6.07) is 10.5. The molecule has 28 heavy (non-hydrogen) atoms. The average Bonchev–Trinajstić information content (AvgIpc) is 2.69. The monoisotopic (exact) mass is 382 g/mol. The van der Waals surface area contributed by atoms with Crippen molar-refractivity contribution in [2.45, 2.75) is 25.3 Å². The van der Waals surface area contributed by atoms with Crippen molar-refractivity contribution in [2.75, 3.05) is 33.4 Å². The van der Waals surface area contributed by atoms with Crippen LogP contribution in [0, 0.1) is 5.92 Å². The van der Waals surface area contributed by atoms with Crippen LogP contribution in [0.5, 0.6) is 0 Å². The molecule has 1 aromatic heterocycles. The Balaban J connectivity index is 1.61. The van der Waals surface area contributed by atoms with Gasteiger partial charge in [0.25, 0.3) is 5.56 Å². The van der Waals surface area contributed by atoms with Gasteiger partial charge in [0, 0.05) is 57.6 Å². The number of carbonyl (C=O) groups is 1. The predicted octanol–water partition coefficient (Wildman–Crippen LogP) is 2.67. The van der Waals surface area contributed by atoms with Crippen LogP contribution in [-0.2, 0) is 11.3 Å². The van der Waals surface area contributed by atoms with Crippen LogP contribution >= 0.6 is 0 Å². The number of pyridine rings is 1. The van der Waals surface area contributed by atoms with Crippen molar-refractivity contribution >= 4 is 5.97 Å². The molecule has 0 radical (unpaired) electrons. The summed E-state index contributed by atoms with van der Waals surface area (Å²) >= 11 is 0. The van der Waals surface area contributed by atoms with Crippen molar-refractivity contribution in [1.82, 2.24) is 9.47 Å². The van der Waals surface area contributed by atoms with Gasteiger partial charge in [-0.2, -0.15) is 0 Å². The molecule has 0 aliphatic carbocycles. The normalized spacial score (nSPS) is 21.3. The van der Waals surface area contributed by atoms with Gasteiger partial charge in [0.15, 0.2) is 0 Å². The van der Waals surface area contributed by atoms with E-state index in [1.54, 1.807) is 37.4 Å². The van der Waals surface area contributed by atoms with Crippen LogP contribution < -0.4 is 5.56 Å². The molecule has 2 aliphatic rings. The summed E-state index contributed by atoms with van der Waals surface area (Å²) in [7, 11) is 1.73. The molecule has 4 rings (SSSR count). The van der Waals surface area contributed by atoms with Crippen LogP contribution in [-0.4, -0.2) is 53.9 Å². The van der Waals surface area contributed by atoms with E-state index in [-0.39, 0.29) is 11.1 Å². The first-order valence-electron chi connectivity index (χ1n) is 9.85. The highest BCUT2D eigenvalue weighted by Gasteiger charge is 2.34. The smallest absolute Gasteiger partial charge is 0.335 e. The van der Waals surface area contributed by atoms with Crippen molar-refractivity contribution in [3.63, 3.8) is 0 Å². The lowest BCUT2D eigenvalue weighted by Gasteiger charge is -2.43. The van der Waals surface area contributed by atoms with E-state index in [4.69, 9.17) is 9.84 Å². The van der Waals surface area contributed by atoms with E-state index in [1.807, 2.05) is 4.57 Å². The van der Waals surface area contributed by atoms with Crippen LogP contribution in [0.25, 0.3) is 11.1 Å². The topological polar surface area (TPSA) is 71.8 Å². The number of aromatic nitrogens is 1. The van der Waals surface area contributed by atoms with Crippen LogP contribution in [0.2, 0.25) is 0 Å². The van der Waals surface area contributed by atoms with Gasteiger partial charge in [-0.15, -0.1) is 0 Å². The SMILES string of the molecule is COCCCN1C[C@@H]2C[C@H](C1)c1cc(-c3ccc(C(=O)O)cc3)cc(=O)n1C2. The summed E-state index contributed by atoms with van der Waals surface area (Å²) in [5.74, 6) is -0.0629. The van der Waals surface area contributed by atoms with Crippen molar-refractivity contribution in [2.24, 2.45) is 5.92 Å². The molecule has 2 aliphatic heterocycles. The summed E-state index contributed by atoms with van der Waals surface area (Å²) < 4.78 is 7.12. The lowest BCUT2D eigenvalue weighted by atomic mass is 9.82. The lowest BCUT2D eigenvalue weighted by molar-refractivity contribution is 0.0697. The Bertz CT molecular complexity index is 919. The molecular weight excluding hydrogens is 356 g/mol. The maximum absolute atomic E-state index is 12.8. The first-order chi connectivity index (χ1) is 13.5. The van der Waals surface area contributed by atoms with Gasteiger partial charge >= 0.3 is 5.97 Å². The van der Waals surface area contributed by atoms with Gasteiger partial charge in [0.1, 0.15) is 0 Å². The molecule has 148 valence electrons. The highest BCUT2D eigenvalue weighted by Crippen LogP contribution is 2.36. The molecule has 6 nitrogen and oxygen atoms in total. The quantitative estimate of drug-likeness (QED) is 0.778. The predicted molar refractivity (Wildman–Crippen MR) is 107 cm³/mol. The van der Waals surface area contributed by atoms with E-state index < -0.39 is 5.97 Å². The molecular formula is C22H26N2O4. The summed E-state index contributed by atoms with van der Waals surface area (Å²) in [6.07, 6.45) is 2.15. The first-order valence-corrected chi connectivity index (χ1v) is 9.85. The number of fused-ring (bicyclic) bond motifs is 4. The van der Waals surface area contributed by atoms with Gasteiger partial charge < -0.3 is 19.3 Å². The van der Waals surface area contributed by atoms with E-state index in [2.05, 4.69) is 11.0 Å². The number of benzene rings is 1. The number of aromatic carboxylic acids is 1. The van der Waals surface area contributed by atoms with E-state index in [0.717, 1.165) is 62.4 Å². The molecule has 1 fully saturated rings. The highest BCUT2D eigenvalue weighted by molar-refractivity contribution is 5.88. The molecule has 1 N–H and O–H groups in total. The Morgan fingerprint density at radius 3 is 2.64 bits per heavy atom. The number of piperidine rings is 1. The Hall–Kier alpha value is -2.44. The standard InChI is InChI=1S/C22H26N2O4/c1-28-8-2-7-23-12-15-9-19(14-23)20-10-18(11-21(25)24(20)13-15)16-3-5-17(6-4-16)22(26)27/h3-6,10-11,15,19H,2,7-9,12-14H2,1H3,(H,26,27)/t15-,19+/m0/s1. The maximum Gasteiger partial charge on any atom is 0.335 e. The van der Waals surface area contributed by atoms with Crippen LogP contribution in [0.15, 0.2) is 41.2 Å². The number of nitrogens with zero attached hydrogens (tertiary/aromatic N) is 2. The molecule has 0 saturated carbocycles. The van der Waals surface area contributed by atoms with Crippen molar-refractivity contribution < 1.29 is 14.6 Å². The van der Waals surface area contributed by atoms with Gasteiger partial charge in [-0.25, -0.2) is 4.79 Å². The average molecular weight is 382 g/mol. The molecule has 6 heteroatoms. The van der Waals surface area contributed by atoms with Gasteiger partial charge in [0.2, 0.25) is 0 Å². The number of hydrogen-bond acceptors (Lipinski definition) is 4. The fraction of sp³-hybridized carbons (Fsp3) is 0.455. The Labute approximate surface area is 164 Å². The zero-order valence-corrected chi connectivity index (χ0v) is 16.1. The van der Waals surface area contributed by atoms with Crippen molar-refractivity contribution in [3.05, 3.63) is 58.0 Å². The fourth-order valence-corrected chi connectivity index (χ4v) is 4.65. The third kappa shape index (κ3) is 3.75. The number of carboxylic acid groups (broad SMARTS) is 1. The van der Waals surface area contributed by atoms with Crippen molar-refractivity contribution in [3.8, 4) is 11.1 Å². The number of hydrogen-bond donors (Lipinski definition) is 1. The summed E-state index contributed by atoms with van der Waals surface area (Å²) in [4.78, 5) is 26.4. The summed E-state index contributed by atoms with van der Waals surface area (Å²) in [6.45, 7) is 4.61. The minimum Gasteiger partial charge on any atom is -0.478 e. The highest BCUT2D eigenvalue weighted by atomic mass is 16.5. The zero-order valence-electron chi connectivity index (χ0n) is 16.1. The number of carboxylic acids is 1. The van der Waals surface area contributed by atoms with Gasteiger partial charge in [0.05, 0.1) is 5.56 Å². The second-order valence-corrected chi connectivity index (χ2v) is 7.90. The second-order valence-electron chi connectivity index (χ2n) is 7.90. The fourth-order valence-electron chi connectivity index (χ4n) is 4.65. The lowest BCUT2D eigenvalue weighted by Crippen LogP contribution is -2.47. The Kier molecular flexibility index (Phi) is 5.33. The number of rotatable bonds is 6. The van der Waals surface area contributed by atoms with Gasteiger partial charge in [-0.3, -0.25) is 4.79 Å². The third-order valence-electron chi connectivity index (χ3n) is 5.92. The van der Waals surface area contributed by atoms with Crippen LogP contribution in [0.3, 0.4) is 0 Å². The minimum absolute atomic E-state index is 0.0392. The number of methoxy groups -OCH3 is 1. The maximum atomic E-state index is 12.8. The minimum atomic E-state index is -0.945.